The number of benzene rings is 1. The zero-order valence-electron chi connectivity index (χ0n) is 19.5. The Hall–Kier alpha value is -3.12. The van der Waals surface area contributed by atoms with E-state index in [0.717, 1.165) is 53.6 Å². The molecule has 6 nitrogen and oxygen atoms in total. The van der Waals surface area contributed by atoms with E-state index in [1.807, 2.05) is 17.0 Å². The highest BCUT2D eigenvalue weighted by atomic mass is 16.1. The van der Waals surface area contributed by atoms with E-state index in [4.69, 9.17) is 0 Å². The molecule has 5 heterocycles. The average molecular weight is 454 g/mol. The molecule has 2 N–H and O–H groups in total. The lowest BCUT2D eigenvalue weighted by molar-refractivity contribution is 0.301. The number of aromatic amines is 1. The number of hydrogen-bond donors (Lipinski definition) is 2. The molecule has 34 heavy (non-hydrogen) atoms. The second-order valence-electron chi connectivity index (χ2n) is 10.7. The van der Waals surface area contributed by atoms with Crippen molar-refractivity contribution in [3.63, 3.8) is 0 Å². The molecular weight excluding hydrogens is 422 g/mol. The van der Waals surface area contributed by atoms with Crippen LogP contribution in [-0.4, -0.2) is 33.7 Å². The lowest BCUT2D eigenvalue weighted by Crippen LogP contribution is -2.29. The third kappa shape index (κ3) is 3.43. The number of fused-ring (bicyclic) bond motifs is 3. The second-order valence-corrected chi connectivity index (χ2v) is 10.7. The first-order valence-corrected chi connectivity index (χ1v) is 12.8. The fourth-order valence-electron chi connectivity index (χ4n) is 6.10. The zero-order chi connectivity index (χ0) is 22.6. The molecule has 0 unspecified atom stereocenters. The van der Waals surface area contributed by atoms with E-state index in [1.54, 1.807) is 6.20 Å². The van der Waals surface area contributed by atoms with Crippen LogP contribution in [-0.2, 0) is 13.1 Å². The zero-order valence-corrected chi connectivity index (χ0v) is 19.5. The molecule has 0 atom stereocenters. The Morgan fingerprint density at radius 3 is 2.79 bits per heavy atom. The maximum absolute atomic E-state index is 13.4. The van der Waals surface area contributed by atoms with Crippen molar-refractivity contribution >= 4 is 27.4 Å². The van der Waals surface area contributed by atoms with Gasteiger partial charge >= 0.3 is 0 Å². The molecular formula is C28H31N5O. The number of anilines is 1. The summed E-state index contributed by atoms with van der Waals surface area (Å²) in [6.07, 6.45) is 12.3. The average Bonchev–Trinajstić information content (AvgIpc) is 3.50. The second kappa shape index (κ2) is 7.98. The Kier molecular flexibility index (Phi) is 4.76. The van der Waals surface area contributed by atoms with E-state index in [1.165, 1.54) is 43.2 Å². The summed E-state index contributed by atoms with van der Waals surface area (Å²) < 4.78 is 1.81. The Balaban J connectivity index is 1.12. The van der Waals surface area contributed by atoms with Gasteiger partial charge in [-0.3, -0.25) is 9.78 Å². The Morgan fingerprint density at radius 1 is 1.09 bits per heavy atom. The summed E-state index contributed by atoms with van der Waals surface area (Å²) in [5, 5.41) is 6.55. The Morgan fingerprint density at radius 2 is 2.00 bits per heavy atom. The van der Waals surface area contributed by atoms with Crippen LogP contribution in [0.1, 0.15) is 43.4 Å². The van der Waals surface area contributed by atoms with Crippen molar-refractivity contribution in [3.8, 4) is 0 Å². The molecule has 2 aliphatic heterocycles. The Labute approximate surface area is 199 Å². The molecule has 2 bridgehead atoms. The predicted molar refractivity (Wildman–Crippen MR) is 136 cm³/mol. The number of nitrogens with one attached hydrogen (secondary N) is 2. The van der Waals surface area contributed by atoms with Crippen LogP contribution in [0.15, 0.2) is 53.7 Å². The minimum absolute atomic E-state index is 0.0332. The van der Waals surface area contributed by atoms with Crippen LogP contribution in [0, 0.1) is 11.8 Å². The van der Waals surface area contributed by atoms with Crippen molar-refractivity contribution in [1.82, 2.24) is 19.9 Å². The smallest absolute Gasteiger partial charge is 0.260 e. The van der Waals surface area contributed by atoms with Crippen molar-refractivity contribution in [1.29, 1.82) is 0 Å². The summed E-state index contributed by atoms with van der Waals surface area (Å²) >= 11 is 0. The van der Waals surface area contributed by atoms with Gasteiger partial charge in [0.25, 0.3) is 5.56 Å². The summed E-state index contributed by atoms with van der Waals surface area (Å²) in [6.45, 7) is 3.64. The molecule has 0 spiro atoms. The van der Waals surface area contributed by atoms with Gasteiger partial charge in [-0.05, 0) is 73.2 Å². The van der Waals surface area contributed by atoms with Crippen molar-refractivity contribution in [2.24, 2.45) is 11.8 Å². The molecule has 3 aromatic heterocycles. The molecule has 4 aliphatic rings. The molecule has 6 heteroatoms. The van der Waals surface area contributed by atoms with E-state index in [9.17, 15) is 4.79 Å². The van der Waals surface area contributed by atoms with E-state index >= 15 is 0 Å². The van der Waals surface area contributed by atoms with Gasteiger partial charge in [0.1, 0.15) is 0 Å². The molecule has 8 rings (SSSR count). The SMILES string of the molecule is O=c1c2cncc(N3CC4CC3C4)c2ccn1Cc1ccc2cc(CNCC3CCC3)[nH]c2c1. The number of rotatable bonds is 7. The lowest BCUT2D eigenvalue weighted by Gasteiger charge is -2.27. The van der Waals surface area contributed by atoms with Crippen molar-refractivity contribution in [3.05, 3.63) is 70.5 Å². The first kappa shape index (κ1) is 20.3. The Bertz CT molecular complexity index is 1430. The van der Waals surface area contributed by atoms with E-state index in [-0.39, 0.29) is 5.56 Å². The molecule has 2 aliphatic carbocycles. The number of nitrogens with zero attached hydrogens (tertiary/aromatic N) is 3. The molecule has 2 saturated heterocycles. The number of hydrogen-bond acceptors (Lipinski definition) is 4. The van der Waals surface area contributed by atoms with Crippen LogP contribution in [0.3, 0.4) is 0 Å². The molecule has 2 saturated carbocycles. The first-order chi connectivity index (χ1) is 16.7. The molecule has 174 valence electrons. The highest BCUT2D eigenvalue weighted by Crippen LogP contribution is 2.44. The van der Waals surface area contributed by atoms with Gasteiger partial charge in [-0.1, -0.05) is 18.6 Å². The van der Waals surface area contributed by atoms with Gasteiger partial charge in [0.15, 0.2) is 0 Å². The van der Waals surface area contributed by atoms with Gasteiger partial charge in [-0.15, -0.1) is 0 Å². The highest BCUT2D eigenvalue weighted by molar-refractivity contribution is 5.93. The number of pyridine rings is 2. The minimum atomic E-state index is 0.0332. The fraction of sp³-hybridized carbons (Fsp3) is 0.429. The van der Waals surface area contributed by atoms with Crippen LogP contribution >= 0.6 is 0 Å². The van der Waals surface area contributed by atoms with Crippen LogP contribution in [0.2, 0.25) is 0 Å². The summed E-state index contributed by atoms with van der Waals surface area (Å²) in [5.74, 6) is 1.69. The molecule has 4 aromatic rings. The summed E-state index contributed by atoms with van der Waals surface area (Å²) in [7, 11) is 0. The fourth-order valence-corrected chi connectivity index (χ4v) is 6.10. The van der Waals surface area contributed by atoms with Crippen molar-refractivity contribution in [2.45, 2.75) is 51.2 Å². The van der Waals surface area contributed by atoms with E-state index in [0.29, 0.717) is 18.0 Å². The van der Waals surface area contributed by atoms with Gasteiger partial charge in [0.05, 0.1) is 23.8 Å². The van der Waals surface area contributed by atoms with Gasteiger partial charge in [-0.25, -0.2) is 0 Å². The summed E-state index contributed by atoms with van der Waals surface area (Å²) in [5.41, 5.74) is 4.62. The maximum atomic E-state index is 13.4. The standard InChI is InChI=1S/C28H31N5O/c34-28-25-14-30-15-27(33-17-20-8-23(33)9-20)24(25)6-7-32(28)16-19-4-5-21-11-22(31-26(21)10-19)13-29-12-18-2-1-3-18/h4-7,10-11,14-15,18,20,23,29,31H,1-3,8-9,12-13,16-17H2. The summed E-state index contributed by atoms with van der Waals surface area (Å²) in [4.78, 5) is 23.8. The van der Waals surface area contributed by atoms with E-state index in [2.05, 4.69) is 50.5 Å². The van der Waals surface area contributed by atoms with Crippen molar-refractivity contribution < 1.29 is 0 Å². The highest BCUT2D eigenvalue weighted by Gasteiger charge is 2.43. The van der Waals surface area contributed by atoms with Gasteiger partial charge in [-0.2, -0.15) is 0 Å². The molecule has 4 fully saturated rings. The van der Waals surface area contributed by atoms with Crippen LogP contribution in [0.25, 0.3) is 21.7 Å². The predicted octanol–water partition coefficient (Wildman–Crippen LogP) is 4.41. The van der Waals surface area contributed by atoms with Gasteiger partial charge < -0.3 is 19.8 Å². The van der Waals surface area contributed by atoms with Crippen LogP contribution in [0.5, 0.6) is 0 Å². The summed E-state index contributed by atoms with van der Waals surface area (Å²) in [6, 6.07) is 11.4. The largest absolute Gasteiger partial charge is 0.366 e. The molecule has 1 aromatic carbocycles. The third-order valence-electron chi connectivity index (χ3n) is 8.36. The monoisotopic (exact) mass is 453 g/mol. The minimum Gasteiger partial charge on any atom is -0.366 e. The van der Waals surface area contributed by atoms with Gasteiger partial charge in [0, 0.05) is 48.1 Å². The van der Waals surface area contributed by atoms with Crippen LogP contribution < -0.4 is 15.8 Å². The van der Waals surface area contributed by atoms with Crippen molar-refractivity contribution in [2.75, 3.05) is 18.0 Å². The number of H-pyrrole nitrogens is 1. The van der Waals surface area contributed by atoms with E-state index < -0.39 is 0 Å². The van der Waals surface area contributed by atoms with Gasteiger partial charge in [0.2, 0.25) is 0 Å². The normalized spacial score (nSPS) is 21.8. The third-order valence-corrected chi connectivity index (χ3v) is 8.36. The lowest BCUT2D eigenvalue weighted by atomic mass is 9.85. The first-order valence-electron chi connectivity index (χ1n) is 12.8. The molecule has 0 amide bonds. The number of aromatic nitrogens is 3. The topological polar surface area (TPSA) is 66.0 Å². The van der Waals surface area contributed by atoms with Crippen LogP contribution in [0.4, 0.5) is 5.69 Å². The molecule has 0 radical (unpaired) electrons. The quantitative estimate of drug-likeness (QED) is 0.435. The maximum Gasteiger partial charge on any atom is 0.260 e.